The highest BCUT2D eigenvalue weighted by atomic mass is 35.5. The van der Waals surface area contributed by atoms with E-state index in [0.29, 0.717) is 12.6 Å². The van der Waals surface area contributed by atoms with Crippen molar-refractivity contribution in [1.82, 2.24) is 9.55 Å². The molecule has 0 saturated heterocycles. The van der Waals surface area contributed by atoms with Crippen LogP contribution < -0.4 is 10.5 Å². The number of ether oxygens (including phenoxy) is 1. The van der Waals surface area contributed by atoms with Crippen LogP contribution in [0, 0.1) is 5.82 Å². The monoisotopic (exact) mass is 255 g/mol. The molecular weight excluding hydrogens is 245 g/mol. The van der Waals surface area contributed by atoms with Gasteiger partial charge in [0.2, 0.25) is 0 Å². The Labute approximate surface area is 103 Å². The zero-order valence-electron chi connectivity index (χ0n) is 9.15. The SMILES string of the molecule is CCn1ccnc1Oc1cc(F)c(N)cc1Cl. The Bertz CT molecular complexity index is 542. The van der Waals surface area contributed by atoms with Gasteiger partial charge in [0.05, 0.1) is 10.7 Å². The van der Waals surface area contributed by atoms with Crippen LogP contribution in [0.3, 0.4) is 0 Å². The summed E-state index contributed by atoms with van der Waals surface area (Å²) in [6.07, 6.45) is 3.36. The number of anilines is 1. The first-order valence-electron chi connectivity index (χ1n) is 5.05. The van der Waals surface area contributed by atoms with E-state index in [1.165, 1.54) is 6.07 Å². The molecule has 0 aliphatic rings. The molecule has 2 N–H and O–H groups in total. The molecule has 6 heteroatoms. The molecular formula is C11H11ClFN3O. The summed E-state index contributed by atoms with van der Waals surface area (Å²) in [7, 11) is 0. The fourth-order valence-corrected chi connectivity index (χ4v) is 1.57. The third-order valence-corrected chi connectivity index (χ3v) is 2.57. The first-order valence-corrected chi connectivity index (χ1v) is 5.43. The Morgan fingerprint density at radius 2 is 2.29 bits per heavy atom. The Hall–Kier alpha value is -1.75. The maximum Gasteiger partial charge on any atom is 0.301 e. The van der Waals surface area contributed by atoms with Gasteiger partial charge in [0, 0.05) is 25.0 Å². The van der Waals surface area contributed by atoms with Crippen LogP contribution in [0.4, 0.5) is 10.1 Å². The van der Waals surface area contributed by atoms with Crippen molar-refractivity contribution < 1.29 is 9.13 Å². The molecule has 0 spiro atoms. The lowest BCUT2D eigenvalue weighted by molar-refractivity contribution is 0.413. The lowest BCUT2D eigenvalue weighted by Crippen LogP contribution is -1.99. The van der Waals surface area contributed by atoms with Crippen LogP contribution in [0.5, 0.6) is 11.8 Å². The number of benzene rings is 1. The minimum atomic E-state index is -0.570. The molecule has 4 nitrogen and oxygen atoms in total. The molecule has 0 aliphatic carbocycles. The van der Waals surface area contributed by atoms with Crippen LogP contribution in [-0.4, -0.2) is 9.55 Å². The quantitative estimate of drug-likeness (QED) is 0.858. The predicted octanol–water partition coefficient (Wildman–Crippen LogP) is 3.07. The van der Waals surface area contributed by atoms with Gasteiger partial charge < -0.3 is 15.0 Å². The van der Waals surface area contributed by atoms with Crippen molar-refractivity contribution in [2.75, 3.05) is 5.73 Å². The minimum absolute atomic E-state index is 0.0128. The Kier molecular flexibility index (Phi) is 3.19. The second-order valence-electron chi connectivity index (χ2n) is 3.40. The number of nitrogens with two attached hydrogens (primary N) is 1. The average molecular weight is 256 g/mol. The molecule has 1 heterocycles. The van der Waals surface area contributed by atoms with Gasteiger partial charge >= 0.3 is 6.01 Å². The molecule has 17 heavy (non-hydrogen) atoms. The normalized spacial score (nSPS) is 10.5. The predicted molar refractivity (Wildman–Crippen MR) is 63.8 cm³/mol. The van der Waals surface area contributed by atoms with Crippen molar-refractivity contribution in [3.05, 3.63) is 35.4 Å². The molecule has 0 radical (unpaired) electrons. The van der Waals surface area contributed by atoms with Crippen LogP contribution in [-0.2, 0) is 6.54 Å². The van der Waals surface area contributed by atoms with E-state index >= 15 is 0 Å². The van der Waals surface area contributed by atoms with Crippen molar-refractivity contribution >= 4 is 17.3 Å². The van der Waals surface area contributed by atoms with Crippen LogP contribution in [0.2, 0.25) is 5.02 Å². The fourth-order valence-electron chi connectivity index (χ4n) is 1.36. The van der Waals surface area contributed by atoms with Crippen molar-refractivity contribution in [3.63, 3.8) is 0 Å². The second-order valence-corrected chi connectivity index (χ2v) is 3.81. The van der Waals surface area contributed by atoms with Gasteiger partial charge in [-0.2, -0.15) is 0 Å². The van der Waals surface area contributed by atoms with E-state index in [0.717, 1.165) is 6.07 Å². The summed E-state index contributed by atoms with van der Waals surface area (Å²) < 4.78 is 20.5. The third kappa shape index (κ3) is 2.34. The number of imidazole rings is 1. The number of hydrogen-bond donors (Lipinski definition) is 1. The van der Waals surface area contributed by atoms with Crippen LogP contribution in [0.1, 0.15) is 6.92 Å². The first kappa shape index (κ1) is 11.7. The van der Waals surface area contributed by atoms with E-state index in [2.05, 4.69) is 4.98 Å². The van der Waals surface area contributed by atoms with Gasteiger partial charge in [-0.25, -0.2) is 9.37 Å². The maximum atomic E-state index is 13.3. The van der Waals surface area contributed by atoms with Gasteiger partial charge in [-0.3, -0.25) is 0 Å². The molecule has 0 fully saturated rings. The molecule has 0 amide bonds. The van der Waals surface area contributed by atoms with Crippen molar-refractivity contribution in [3.8, 4) is 11.8 Å². The van der Waals surface area contributed by atoms with Gasteiger partial charge in [0.15, 0.2) is 5.75 Å². The fraction of sp³-hybridized carbons (Fsp3) is 0.182. The number of nitrogens with zero attached hydrogens (tertiary/aromatic N) is 2. The maximum absolute atomic E-state index is 13.3. The van der Waals surface area contributed by atoms with Crippen molar-refractivity contribution in [2.24, 2.45) is 0 Å². The highest BCUT2D eigenvalue weighted by Gasteiger charge is 2.11. The number of halogens is 2. The number of hydrogen-bond acceptors (Lipinski definition) is 3. The Morgan fingerprint density at radius 1 is 1.53 bits per heavy atom. The zero-order valence-corrected chi connectivity index (χ0v) is 9.91. The lowest BCUT2D eigenvalue weighted by Gasteiger charge is -2.09. The highest BCUT2D eigenvalue weighted by molar-refractivity contribution is 6.32. The minimum Gasteiger partial charge on any atom is -0.424 e. The molecule has 1 aromatic carbocycles. The molecule has 1 aromatic heterocycles. The van der Waals surface area contributed by atoms with Crippen LogP contribution >= 0.6 is 11.6 Å². The molecule has 2 rings (SSSR count). The van der Waals surface area contributed by atoms with Gasteiger partial charge in [-0.1, -0.05) is 11.6 Å². The first-order chi connectivity index (χ1) is 8.11. The zero-order chi connectivity index (χ0) is 12.4. The van der Waals surface area contributed by atoms with E-state index in [4.69, 9.17) is 22.1 Å². The van der Waals surface area contributed by atoms with Crippen molar-refractivity contribution in [1.29, 1.82) is 0 Å². The van der Waals surface area contributed by atoms with E-state index < -0.39 is 5.82 Å². The molecule has 0 unspecified atom stereocenters. The summed E-state index contributed by atoms with van der Waals surface area (Å²) in [5.41, 5.74) is 5.37. The number of nitrogen functional groups attached to an aromatic ring is 1. The van der Waals surface area contributed by atoms with Crippen LogP contribution in [0.15, 0.2) is 24.5 Å². The largest absolute Gasteiger partial charge is 0.424 e. The van der Waals surface area contributed by atoms with Gasteiger partial charge in [-0.15, -0.1) is 0 Å². The second kappa shape index (κ2) is 4.63. The van der Waals surface area contributed by atoms with E-state index in [1.807, 2.05) is 6.92 Å². The van der Waals surface area contributed by atoms with Gasteiger partial charge in [0.25, 0.3) is 0 Å². The average Bonchev–Trinajstić information content (AvgIpc) is 2.73. The number of aromatic nitrogens is 2. The number of rotatable bonds is 3. The summed E-state index contributed by atoms with van der Waals surface area (Å²) in [5.74, 6) is -0.377. The molecule has 0 bridgehead atoms. The molecule has 90 valence electrons. The third-order valence-electron chi connectivity index (χ3n) is 2.27. The lowest BCUT2D eigenvalue weighted by atomic mass is 10.3. The highest BCUT2D eigenvalue weighted by Crippen LogP contribution is 2.31. The van der Waals surface area contributed by atoms with Crippen molar-refractivity contribution in [2.45, 2.75) is 13.5 Å². The topological polar surface area (TPSA) is 53.1 Å². The van der Waals surface area contributed by atoms with Gasteiger partial charge in [0.1, 0.15) is 5.82 Å². The summed E-state index contributed by atoms with van der Waals surface area (Å²) >= 11 is 5.91. The van der Waals surface area contributed by atoms with Gasteiger partial charge in [-0.05, 0) is 13.0 Å². The summed E-state index contributed by atoms with van der Waals surface area (Å²) in [4.78, 5) is 4.00. The Balaban J connectivity index is 2.33. The van der Waals surface area contributed by atoms with E-state index in [-0.39, 0.29) is 16.5 Å². The van der Waals surface area contributed by atoms with Crippen LogP contribution in [0.25, 0.3) is 0 Å². The summed E-state index contributed by atoms with van der Waals surface area (Å²) in [5, 5.41) is 0.245. The summed E-state index contributed by atoms with van der Waals surface area (Å²) in [6.45, 7) is 2.64. The standard InChI is InChI=1S/C11H11ClFN3O/c1-2-16-4-3-15-11(16)17-10-6-8(13)9(14)5-7(10)12/h3-6H,2,14H2,1H3. The molecule has 0 saturated carbocycles. The molecule has 0 aliphatic heterocycles. The molecule has 0 atom stereocenters. The van der Waals surface area contributed by atoms with E-state index in [1.54, 1.807) is 17.0 Å². The summed E-state index contributed by atoms with van der Waals surface area (Å²) in [6, 6.07) is 2.82. The molecule has 2 aromatic rings. The number of aryl methyl sites for hydroxylation is 1. The van der Waals surface area contributed by atoms with E-state index in [9.17, 15) is 4.39 Å². The Morgan fingerprint density at radius 3 is 3.00 bits per heavy atom. The smallest absolute Gasteiger partial charge is 0.301 e.